The van der Waals surface area contributed by atoms with Crippen LogP contribution in [-0.2, 0) is 0 Å². The van der Waals surface area contributed by atoms with E-state index in [9.17, 15) is 4.39 Å². The highest BCUT2D eigenvalue weighted by molar-refractivity contribution is 7.99. The Labute approximate surface area is 194 Å². The first-order valence-corrected chi connectivity index (χ1v) is 12.0. The van der Waals surface area contributed by atoms with E-state index in [0.29, 0.717) is 27.6 Å². The summed E-state index contributed by atoms with van der Waals surface area (Å²) in [6, 6.07) is 12.0. The molecule has 1 fully saturated rings. The van der Waals surface area contributed by atoms with Gasteiger partial charge in [0.25, 0.3) is 5.22 Å². The lowest BCUT2D eigenvalue weighted by molar-refractivity contribution is 0.210. The van der Waals surface area contributed by atoms with E-state index in [-0.39, 0.29) is 5.82 Å². The summed E-state index contributed by atoms with van der Waals surface area (Å²) in [6.45, 7) is 3.07. The number of fused-ring (bicyclic) bond motifs is 1. The molecule has 5 rings (SSSR count). The Bertz CT molecular complexity index is 1190. The number of likely N-dealkylation sites (tertiary alicyclic amines) is 1. The molecule has 0 atom stereocenters. The van der Waals surface area contributed by atoms with Crippen LogP contribution in [0, 0.1) is 5.82 Å². The molecule has 4 aromatic rings. The molecule has 6 nitrogen and oxygen atoms in total. The third-order valence-electron chi connectivity index (χ3n) is 5.78. The standard InChI is InChI=1S/C23H22ClFN4O2S/c24-17-4-2-16(3-5-17)22-26-27-23(30-22)32-13-1-10-29-11-8-15(9-12-29)21-19-7-6-18(25)14-20(19)31-28-21/h2-7,14-15H,1,8-13H2. The fraction of sp³-hybridized carbons (Fsp3) is 0.348. The van der Waals surface area contributed by atoms with E-state index in [0.717, 1.165) is 61.3 Å². The van der Waals surface area contributed by atoms with Crippen LogP contribution in [0.15, 0.2) is 56.6 Å². The summed E-state index contributed by atoms with van der Waals surface area (Å²) in [6.07, 6.45) is 3.10. The van der Waals surface area contributed by atoms with Crippen molar-refractivity contribution in [3.05, 3.63) is 59.0 Å². The summed E-state index contributed by atoms with van der Waals surface area (Å²) in [5, 5.41) is 14.7. The largest absolute Gasteiger partial charge is 0.411 e. The highest BCUT2D eigenvalue weighted by Crippen LogP contribution is 2.33. The van der Waals surface area contributed by atoms with E-state index in [1.807, 2.05) is 24.3 Å². The van der Waals surface area contributed by atoms with E-state index >= 15 is 0 Å². The Morgan fingerprint density at radius 1 is 1.09 bits per heavy atom. The molecule has 1 saturated heterocycles. The number of rotatable bonds is 7. The molecule has 1 aliphatic rings. The normalized spacial score (nSPS) is 15.6. The van der Waals surface area contributed by atoms with Crippen molar-refractivity contribution in [3.63, 3.8) is 0 Å². The summed E-state index contributed by atoms with van der Waals surface area (Å²) < 4.78 is 24.5. The first kappa shape index (κ1) is 21.4. The van der Waals surface area contributed by atoms with Gasteiger partial charge in [0.15, 0.2) is 5.58 Å². The molecule has 2 aromatic carbocycles. The lowest BCUT2D eigenvalue weighted by Crippen LogP contribution is -2.34. The summed E-state index contributed by atoms with van der Waals surface area (Å²) in [5.41, 5.74) is 2.35. The molecular weight excluding hydrogens is 451 g/mol. The van der Waals surface area contributed by atoms with Gasteiger partial charge in [-0.2, -0.15) is 0 Å². The van der Waals surface area contributed by atoms with Crippen molar-refractivity contribution in [2.24, 2.45) is 0 Å². The second-order valence-electron chi connectivity index (χ2n) is 7.91. The van der Waals surface area contributed by atoms with Gasteiger partial charge in [-0.3, -0.25) is 0 Å². The van der Waals surface area contributed by atoms with Crippen LogP contribution in [0.3, 0.4) is 0 Å². The topological polar surface area (TPSA) is 68.2 Å². The predicted molar refractivity (Wildman–Crippen MR) is 122 cm³/mol. The first-order valence-electron chi connectivity index (χ1n) is 10.6. The van der Waals surface area contributed by atoms with E-state index < -0.39 is 0 Å². The van der Waals surface area contributed by atoms with E-state index in [1.54, 1.807) is 17.8 Å². The van der Waals surface area contributed by atoms with Gasteiger partial charge >= 0.3 is 0 Å². The third kappa shape index (κ3) is 4.82. The number of thioether (sulfide) groups is 1. The van der Waals surface area contributed by atoms with Crippen LogP contribution in [-0.4, -0.2) is 45.6 Å². The second kappa shape index (κ2) is 9.60. The van der Waals surface area contributed by atoms with Gasteiger partial charge in [-0.25, -0.2) is 4.39 Å². The van der Waals surface area contributed by atoms with Gasteiger partial charge < -0.3 is 13.8 Å². The average Bonchev–Trinajstić information content (AvgIpc) is 3.45. The maximum absolute atomic E-state index is 13.4. The van der Waals surface area contributed by atoms with E-state index in [1.165, 1.54) is 12.1 Å². The number of hydrogen-bond acceptors (Lipinski definition) is 7. The summed E-state index contributed by atoms with van der Waals surface area (Å²) >= 11 is 7.50. The van der Waals surface area contributed by atoms with Crippen LogP contribution in [0.4, 0.5) is 4.39 Å². The van der Waals surface area contributed by atoms with Gasteiger partial charge in [-0.1, -0.05) is 28.5 Å². The van der Waals surface area contributed by atoms with Crippen LogP contribution in [0.2, 0.25) is 5.02 Å². The molecule has 166 valence electrons. The van der Waals surface area contributed by atoms with E-state index in [2.05, 4.69) is 20.3 Å². The molecule has 0 bridgehead atoms. The molecule has 32 heavy (non-hydrogen) atoms. The van der Waals surface area contributed by atoms with Gasteiger partial charge in [0.1, 0.15) is 5.82 Å². The number of benzene rings is 2. The Kier molecular flexibility index (Phi) is 6.43. The molecule has 0 amide bonds. The molecule has 0 saturated carbocycles. The molecule has 0 unspecified atom stereocenters. The minimum Gasteiger partial charge on any atom is -0.411 e. The third-order valence-corrected chi connectivity index (χ3v) is 6.93. The number of halogens is 2. The first-order chi connectivity index (χ1) is 15.7. The number of aromatic nitrogens is 3. The molecule has 0 spiro atoms. The Hall–Kier alpha value is -2.42. The van der Waals surface area contributed by atoms with Crippen LogP contribution in [0.1, 0.15) is 30.9 Å². The van der Waals surface area contributed by atoms with Crippen molar-refractivity contribution in [1.29, 1.82) is 0 Å². The summed E-state index contributed by atoms with van der Waals surface area (Å²) in [7, 11) is 0. The van der Waals surface area contributed by atoms with Gasteiger partial charge in [-0.05, 0) is 75.3 Å². The Morgan fingerprint density at radius 2 is 1.91 bits per heavy atom. The average molecular weight is 473 g/mol. The maximum Gasteiger partial charge on any atom is 0.276 e. The molecule has 1 aliphatic heterocycles. The van der Waals surface area contributed by atoms with Gasteiger partial charge in [0.05, 0.1) is 5.69 Å². The van der Waals surface area contributed by atoms with Crippen LogP contribution < -0.4 is 0 Å². The molecule has 3 heterocycles. The smallest absolute Gasteiger partial charge is 0.276 e. The zero-order chi connectivity index (χ0) is 21.9. The summed E-state index contributed by atoms with van der Waals surface area (Å²) in [5.74, 6) is 1.49. The van der Waals surface area contributed by atoms with Crippen molar-refractivity contribution >= 4 is 34.3 Å². The Morgan fingerprint density at radius 3 is 2.72 bits per heavy atom. The summed E-state index contributed by atoms with van der Waals surface area (Å²) in [4.78, 5) is 2.48. The van der Waals surface area contributed by atoms with Gasteiger partial charge in [-0.15, -0.1) is 10.2 Å². The highest BCUT2D eigenvalue weighted by Gasteiger charge is 2.25. The van der Waals surface area contributed by atoms with Crippen molar-refractivity contribution < 1.29 is 13.3 Å². The van der Waals surface area contributed by atoms with Crippen molar-refractivity contribution in [2.75, 3.05) is 25.4 Å². The zero-order valence-corrected chi connectivity index (χ0v) is 18.9. The maximum atomic E-state index is 13.4. The highest BCUT2D eigenvalue weighted by atomic mass is 35.5. The number of nitrogens with zero attached hydrogens (tertiary/aromatic N) is 4. The predicted octanol–water partition coefficient (Wildman–Crippen LogP) is 6.03. The second-order valence-corrected chi connectivity index (χ2v) is 9.39. The van der Waals surface area contributed by atoms with Gasteiger partial charge in [0.2, 0.25) is 5.89 Å². The van der Waals surface area contributed by atoms with Crippen LogP contribution in [0.25, 0.3) is 22.4 Å². The monoisotopic (exact) mass is 472 g/mol. The van der Waals surface area contributed by atoms with Crippen molar-refractivity contribution in [1.82, 2.24) is 20.3 Å². The van der Waals surface area contributed by atoms with E-state index in [4.69, 9.17) is 20.5 Å². The minimum atomic E-state index is -0.297. The number of hydrogen-bond donors (Lipinski definition) is 0. The lowest BCUT2D eigenvalue weighted by atomic mass is 9.91. The van der Waals surface area contributed by atoms with Gasteiger partial charge in [0, 0.05) is 33.7 Å². The molecule has 0 N–H and O–H groups in total. The van der Waals surface area contributed by atoms with Crippen LogP contribution >= 0.6 is 23.4 Å². The molecule has 0 radical (unpaired) electrons. The van der Waals surface area contributed by atoms with Crippen molar-refractivity contribution in [3.8, 4) is 11.5 Å². The van der Waals surface area contributed by atoms with Crippen molar-refractivity contribution in [2.45, 2.75) is 30.4 Å². The molecular formula is C23H22ClFN4O2S. The van der Waals surface area contributed by atoms with Crippen LogP contribution in [0.5, 0.6) is 0 Å². The number of piperidine rings is 1. The fourth-order valence-corrected chi connectivity index (χ4v) is 4.89. The molecule has 9 heteroatoms. The minimum absolute atomic E-state index is 0.297. The SMILES string of the molecule is Fc1ccc2c(C3CCN(CCCSc4nnc(-c5ccc(Cl)cc5)o4)CC3)noc2c1. The lowest BCUT2D eigenvalue weighted by Gasteiger charge is -2.31. The molecule has 0 aliphatic carbocycles. The quantitative estimate of drug-likeness (QED) is 0.240. The zero-order valence-electron chi connectivity index (χ0n) is 17.3. The Balaban J connectivity index is 1.06. The molecule has 2 aromatic heterocycles. The fourth-order valence-electron chi connectivity index (χ4n) is 4.08.